The van der Waals surface area contributed by atoms with E-state index in [1.165, 1.54) is 0 Å². The van der Waals surface area contributed by atoms with E-state index in [9.17, 15) is 9.90 Å². The van der Waals surface area contributed by atoms with Crippen LogP contribution in [0.25, 0.3) is 0 Å². The fourth-order valence-electron chi connectivity index (χ4n) is 0.836. The van der Waals surface area contributed by atoms with Crippen LogP contribution in [0.1, 0.15) is 15.9 Å². The van der Waals surface area contributed by atoms with Gasteiger partial charge in [-0.2, -0.15) is 0 Å². The zero-order valence-corrected chi connectivity index (χ0v) is 7.87. The average molecular weight is 261 g/mol. The first-order valence-electron chi connectivity index (χ1n) is 3.11. The van der Waals surface area contributed by atoms with Gasteiger partial charge in [0.2, 0.25) is 0 Å². The van der Waals surface area contributed by atoms with Gasteiger partial charge in [-0.15, -0.1) is 0 Å². The number of alkyl halides is 1. The topological polar surface area (TPSA) is 40.1 Å². The minimum atomic E-state index is -1.10. The van der Waals surface area contributed by atoms with Gasteiger partial charge in [-0.3, -0.25) is 0 Å². The van der Waals surface area contributed by atoms with Crippen LogP contribution >= 0.6 is 22.6 Å². The van der Waals surface area contributed by atoms with E-state index in [1.807, 2.05) is 6.07 Å². The van der Waals surface area contributed by atoms with Gasteiger partial charge < -0.3 is 9.90 Å². The molecule has 0 fully saturated rings. The van der Waals surface area contributed by atoms with E-state index >= 15 is 0 Å². The monoisotopic (exact) mass is 261 g/mol. The molecule has 0 aliphatic rings. The van der Waals surface area contributed by atoms with Crippen molar-refractivity contribution in [2.45, 2.75) is 4.43 Å². The van der Waals surface area contributed by atoms with Crippen molar-refractivity contribution in [2.75, 3.05) is 0 Å². The van der Waals surface area contributed by atoms with E-state index in [0.717, 1.165) is 5.56 Å². The maximum absolute atomic E-state index is 10.5. The number of carboxylic acid groups (broad SMARTS) is 1. The number of carbonyl (C=O) groups excluding carboxylic acids is 1. The number of rotatable bonds is 2. The first kappa shape index (κ1) is 8.52. The van der Waals surface area contributed by atoms with E-state index in [-0.39, 0.29) is 0 Å². The molecule has 0 aliphatic heterocycles. The lowest BCUT2D eigenvalue weighted by molar-refractivity contribution is -0.255. The Kier molecular flexibility index (Phi) is 2.87. The van der Waals surface area contributed by atoms with Crippen LogP contribution in [0, 0.1) is 0 Å². The lowest BCUT2D eigenvalue weighted by Crippen LogP contribution is -2.23. The van der Waals surface area contributed by atoms with Gasteiger partial charge in [0, 0.05) is 9.99 Å². The normalized spacial score (nSPS) is 9.55. The second-order valence-electron chi connectivity index (χ2n) is 2.08. The molecule has 0 saturated carbocycles. The smallest absolute Gasteiger partial charge is 0.0718 e. The summed E-state index contributed by atoms with van der Waals surface area (Å²) in [6.07, 6.45) is 0. The minimum absolute atomic E-state index is 0.293. The maximum atomic E-state index is 10.5. The van der Waals surface area contributed by atoms with E-state index in [2.05, 4.69) is 22.6 Å². The molecule has 11 heavy (non-hydrogen) atoms. The summed E-state index contributed by atoms with van der Waals surface area (Å²) >= 11 is 2.12. The third-order valence-corrected chi connectivity index (χ3v) is 2.20. The average Bonchev–Trinajstić information content (AvgIpc) is 2.04. The third kappa shape index (κ3) is 1.92. The molecule has 1 aromatic rings. The predicted molar refractivity (Wildman–Crippen MR) is 48.5 cm³/mol. The fourth-order valence-corrected chi connectivity index (χ4v) is 1.50. The van der Waals surface area contributed by atoms with Gasteiger partial charge in [0.25, 0.3) is 0 Å². The van der Waals surface area contributed by atoms with Gasteiger partial charge in [-0.25, -0.2) is 0 Å². The van der Waals surface area contributed by atoms with Gasteiger partial charge >= 0.3 is 0 Å². The second kappa shape index (κ2) is 3.71. The number of benzene rings is 1. The SMILES string of the molecule is O=C([O-])c1ccccc1CI. The Morgan fingerprint density at radius 1 is 1.45 bits per heavy atom. The van der Waals surface area contributed by atoms with Gasteiger partial charge in [0.1, 0.15) is 0 Å². The highest BCUT2D eigenvalue weighted by Crippen LogP contribution is 2.11. The van der Waals surface area contributed by atoms with E-state index in [1.54, 1.807) is 18.2 Å². The molecule has 0 N–H and O–H groups in total. The van der Waals surface area contributed by atoms with Crippen LogP contribution in [0.3, 0.4) is 0 Å². The fraction of sp³-hybridized carbons (Fsp3) is 0.125. The molecule has 0 amide bonds. The van der Waals surface area contributed by atoms with Crippen LogP contribution in [-0.2, 0) is 4.43 Å². The molecular weight excluding hydrogens is 255 g/mol. The van der Waals surface area contributed by atoms with Crippen molar-refractivity contribution in [1.29, 1.82) is 0 Å². The van der Waals surface area contributed by atoms with Crippen molar-refractivity contribution in [3.8, 4) is 0 Å². The summed E-state index contributed by atoms with van der Waals surface area (Å²) in [6, 6.07) is 6.86. The summed E-state index contributed by atoms with van der Waals surface area (Å²) in [5.74, 6) is -1.10. The van der Waals surface area contributed by atoms with Crippen molar-refractivity contribution in [3.05, 3.63) is 35.4 Å². The minimum Gasteiger partial charge on any atom is -0.545 e. The molecule has 0 radical (unpaired) electrons. The van der Waals surface area contributed by atoms with Crippen molar-refractivity contribution in [1.82, 2.24) is 0 Å². The Labute approximate surface area is 78.4 Å². The van der Waals surface area contributed by atoms with Crippen molar-refractivity contribution >= 4 is 28.6 Å². The Bertz CT molecular complexity index is 271. The van der Waals surface area contributed by atoms with Crippen LogP contribution in [0.15, 0.2) is 24.3 Å². The number of aromatic carboxylic acids is 1. The zero-order valence-electron chi connectivity index (χ0n) is 5.71. The van der Waals surface area contributed by atoms with E-state index < -0.39 is 5.97 Å². The third-order valence-electron chi connectivity index (χ3n) is 1.38. The van der Waals surface area contributed by atoms with Gasteiger partial charge in [0.05, 0.1) is 5.97 Å². The van der Waals surface area contributed by atoms with Gasteiger partial charge in [0.15, 0.2) is 0 Å². The summed E-state index contributed by atoms with van der Waals surface area (Å²) in [7, 11) is 0. The lowest BCUT2D eigenvalue weighted by atomic mass is 10.1. The van der Waals surface area contributed by atoms with E-state index in [4.69, 9.17) is 0 Å². The number of hydrogen-bond acceptors (Lipinski definition) is 2. The molecule has 0 unspecified atom stereocenters. The highest BCUT2D eigenvalue weighted by molar-refractivity contribution is 14.1. The van der Waals surface area contributed by atoms with Crippen LogP contribution in [0.4, 0.5) is 0 Å². The highest BCUT2D eigenvalue weighted by atomic mass is 127. The Balaban J connectivity index is 3.12. The molecule has 1 rings (SSSR count). The summed E-state index contributed by atoms with van der Waals surface area (Å²) in [5.41, 5.74) is 1.11. The number of halogens is 1. The zero-order chi connectivity index (χ0) is 8.27. The first-order valence-corrected chi connectivity index (χ1v) is 4.63. The standard InChI is InChI=1S/C8H7IO2/c9-5-6-3-1-2-4-7(6)8(10)11/h1-4H,5H2,(H,10,11)/p-1. The van der Waals surface area contributed by atoms with E-state index in [0.29, 0.717) is 9.99 Å². The molecular formula is C8H6IO2-. The summed E-state index contributed by atoms with van der Waals surface area (Å²) < 4.78 is 0.696. The second-order valence-corrected chi connectivity index (χ2v) is 2.84. The molecule has 0 atom stereocenters. The largest absolute Gasteiger partial charge is 0.545 e. The Morgan fingerprint density at radius 2 is 2.09 bits per heavy atom. The molecule has 0 aromatic heterocycles. The summed E-state index contributed by atoms with van der Waals surface area (Å²) in [6.45, 7) is 0. The van der Waals surface area contributed by atoms with Crippen LogP contribution in [0.5, 0.6) is 0 Å². The molecule has 0 spiro atoms. The van der Waals surface area contributed by atoms with Gasteiger partial charge in [-0.05, 0) is 5.56 Å². The number of carboxylic acids is 1. The highest BCUT2D eigenvalue weighted by Gasteiger charge is 1.98. The number of carbonyl (C=O) groups is 1. The Hall–Kier alpha value is -0.580. The molecule has 0 bridgehead atoms. The molecule has 3 heteroatoms. The predicted octanol–water partition coefficient (Wildman–Crippen LogP) is 0.985. The molecule has 0 saturated heterocycles. The Morgan fingerprint density at radius 3 is 2.55 bits per heavy atom. The molecule has 1 aromatic carbocycles. The molecule has 0 heterocycles. The first-order chi connectivity index (χ1) is 5.25. The molecule has 2 nitrogen and oxygen atoms in total. The van der Waals surface area contributed by atoms with Crippen LogP contribution in [-0.4, -0.2) is 5.97 Å². The number of hydrogen-bond donors (Lipinski definition) is 0. The van der Waals surface area contributed by atoms with Crippen molar-refractivity contribution in [3.63, 3.8) is 0 Å². The van der Waals surface area contributed by atoms with Crippen molar-refractivity contribution in [2.24, 2.45) is 0 Å². The molecule has 0 aliphatic carbocycles. The quantitative estimate of drug-likeness (QED) is 0.588. The summed E-state index contributed by atoms with van der Waals surface area (Å²) in [4.78, 5) is 10.5. The van der Waals surface area contributed by atoms with Crippen molar-refractivity contribution < 1.29 is 9.90 Å². The summed E-state index contributed by atoms with van der Waals surface area (Å²) in [5, 5.41) is 10.5. The maximum Gasteiger partial charge on any atom is 0.0718 e. The van der Waals surface area contributed by atoms with Crippen LogP contribution in [0.2, 0.25) is 0 Å². The molecule has 58 valence electrons. The lowest BCUT2D eigenvalue weighted by Gasteiger charge is -2.06. The van der Waals surface area contributed by atoms with Crippen LogP contribution < -0.4 is 5.11 Å². The van der Waals surface area contributed by atoms with Gasteiger partial charge in [-0.1, -0.05) is 46.9 Å².